The van der Waals surface area contributed by atoms with Crippen LogP contribution >= 0.6 is 0 Å². The predicted octanol–water partition coefficient (Wildman–Crippen LogP) is 3.44. The number of anilines is 2. The second-order valence-corrected chi connectivity index (χ2v) is 7.99. The van der Waals surface area contributed by atoms with Crippen LogP contribution in [0.2, 0.25) is 0 Å². The molecule has 2 saturated heterocycles. The fourth-order valence-corrected chi connectivity index (χ4v) is 4.41. The average molecular weight is 374 g/mol. The Kier molecular flexibility index (Phi) is 4.61. The van der Waals surface area contributed by atoms with Crippen molar-refractivity contribution < 1.29 is 5.11 Å². The van der Waals surface area contributed by atoms with E-state index >= 15 is 0 Å². The van der Waals surface area contributed by atoms with Crippen LogP contribution in [0, 0.1) is 5.92 Å². The van der Waals surface area contributed by atoms with Gasteiger partial charge in [0.05, 0.1) is 5.52 Å². The van der Waals surface area contributed by atoms with Crippen LogP contribution < -0.4 is 9.80 Å². The molecule has 0 unspecified atom stereocenters. The molecule has 0 atom stereocenters. The van der Waals surface area contributed by atoms with Gasteiger partial charge in [-0.2, -0.15) is 0 Å². The van der Waals surface area contributed by atoms with Gasteiger partial charge >= 0.3 is 0 Å². The van der Waals surface area contributed by atoms with Crippen LogP contribution in [0.4, 0.5) is 11.6 Å². The Morgan fingerprint density at radius 3 is 2.57 bits per heavy atom. The van der Waals surface area contributed by atoms with Gasteiger partial charge in [-0.15, -0.1) is 0 Å². The number of hydrogen-bond donors (Lipinski definition) is 1. The highest BCUT2D eigenvalue weighted by Crippen LogP contribution is 2.36. The molecule has 2 aliphatic heterocycles. The first-order chi connectivity index (χ1) is 13.8. The molecule has 1 aromatic carbocycles. The molecule has 3 aromatic rings. The Morgan fingerprint density at radius 2 is 1.75 bits per heavy atom. The summed E-state index contributed by atoms with van der Waals surface area (Å²) in [7, 11) is 0. The van der Waals surface area contributed by atoms with E-state index in [1.807, 2.05) is 12.3 Å². The Hall–Kier alpha value is -2.66. The lowest BCUT2D eigenvalue weighted by Gasteiger charge is -2.42. The summed E-state index contributed by atoms with van der Waals surface area (Å²) in [5, 5.41) is 10.6. The van der Waals surface area contributed by atoms with Gasteiger partial charge in [0.25, 0.3) is 0 Å². The van der Waals surface area contributed by atoms with E-state index in [2.05, 4.69) is 52.3 Å². The molecule has 2 aliphatic rings. The number of rotatable bonds is 4. The van der Waals surface area contributed by atoms with E-state index in [0.29, 0.717) is 18.4 Å². The normalized spacial score (nSPS) is 18.5. The maximum Gasteiger partial charge on any atom is 0.132 e. The highest BCUT2D eigenvalue weighted by atomic mass is 16.3. The molecule has 5 heteroatoms. The molecule has 5 rings (SSSR count). The molecule has 0 amide bonds. The third-order valence-electron chi connectivity index (χ3n) is 6.22. The number of pyridine rings is 2. The lowest BCUT2D eigenvalue weighted by Crippen LogP contribution is -2.46. The minimum atomic E-state index is 0.305. The molecule has 2 fully saturated rings. The van der Waals surface area contributed by atoms with Crippen LogP contribution in [-0.4, -0.2) is 47.9 Å². The zero-order valence-electron chi connectivity index (χ0n) is 16.0. The summed E-state index contributed by atoms with van der Waals surface area (Å²) in [5.41, 5.74) is 2.40. The van der Waals surface area contributed by atoms with Gasteiger partial charge in [0.15, 0.2) is 0 Å². The minimum Gasteiger partial charge on any atom is -0.396 e. The zero-order valence-corrected chi connectivity index (χ0v) is 16.0. The number of aromatic nitrogens is 2. The van der Waals surface area contributed by atoms with Crippen molar-refractivity contribution in [2.24, 2.45) is 5.92 Å². The number of benzene rings is 1. The van der Waals surface area contributed by atoms with Gasteiger partial charge in [-0.25, -0.2) is 9.97 Å². The van der Waals surface area contributed by atoms with Gasteiger partial charge in [-0.3, -0.25) is 0 Å². The molecular weight excluding hydrogens is 348 g/mol. The maximum absolute atomic E-state index is 9.40. The number of nitrogens with zero attached hydrogens (tertiary/aromatic N) is 4. The average Bonchev–Trinajstić information content (AvgIpc) is 2.73. The van der Waals surface area contributed by atoms with Crippen molar-refractivity contribution in [3.8, 4) is 0 Å². The molecule has 0 spiro atoms. The van der Waals surface area contributed by atoms with Crippen LogP contribution in [0.25, 0.3) is 10.9 Å². The van der Waals surface area contributed by atoms with Gasteiger partial charge in [-0.1, -0.05) is 24.3 Å². The van der Waals surface area contributed by atoms with Gasteiger partial charge in [-0.05, 0) is 43.0 Å². The smallest absolute Gasteiger partial charge is 0.132 e. The van der Waals surface area contributed by atoms with Crippen molar-refractivity contribution in [3.63, 3.8) is 0 Å². The van der Waals surface area contributed by atoms with E-state index in [-0.39, 0.29) is 0 Å². The summed E-state index contributed by atoms with van der Waals surface area (Å²) in [5.74, 6) is 3.13. The van der Waals surface area contributed by atoms with Crippen LogP contribution in [0.15, 0.2) is 54.7 Å². The summed E-state index contributed by atoms with van der Waals surface area (Å²) in [6.45, 7) is 4.24. The highest BCUT2D eigenvalue weighted by molar-refractivity contribution is 5.80. The van der Waals surface area contributed by atoms with Crippen molar-refractivity contribution in [1.29, 1.82) is 0 Å². The summed E-state index contributed by atoms with van der Waals surface area (Å²) < 4.78 is 0. The fourth-order valence-electron chi connectivity index (χ4n) is 4.41. The van der Waals surface area contributed by atoms with Gasteiger partial charge in [0, 0.05) is 55.9 Å². The molecule has 0 aliphatic carbocycles. The molecule has 0 bridgehead atoms. The summed E-state index contributed by atoms with van der Waals surface area (Å²) in [4.78, 5) is 14.3. The number of hydrogen-bond acceptors (Lipinski definition) is 5. The van der Waals surface area contributed by atoms with E-state index < -0.39 is 0 Å². The standard InChI is InChI=1S/C23H26N4O/c28-16-17-9-12-26(13-10-17)23-20(5-3-11-24-23)19-14-27(15-19)22-8-7-18-4-1-2-6-21(18)25-22/h1-8,11,17,19,28H,9-10,12-16H2. The van der Waals surface area contributed by atoms with Crippen molar-refractivity contribution in [2.75, 3.05) is 42.6 Å². The molecule has 28 heavy (non-hydrogen) atoms. The largest absolute Gasteiger partial charge is 0.396 e. The van der Waals surface area contributed by atoms with E-state index in [1.54, 1.807) is 0 Å². The number of fused-ring (bicyclic) bond motifs is 1. The highest BCUT2D eigenvalue weighted by Gasteiger charge is 2.33. The van der Waals surface area contributed by atoms with E-state index in [0.717, 1.165) is 56.2 Å². The number of piperidine rings is 1. The van der Waals surface area contributed by atoms with Crippen molar-refractivity contribution in [1.82, 2.24) is 9.97 Å². The first-order valence-corrected chi connectivity index (χ1v) is 10.2. The maximum atomic E-state index is 9.40. The van der Waals surface area contributed by atoms with Gasteiger partial charge in [0.2, 0.25) is 0 Å². The fraction of sp³-hybridized carbons (Fsp3) is 0.391. The number of aliphatic hydroxyl groups is 1. The first-order valence-electron chi connectivity index (χ1n) is 10.2. The van der Waals surface area contributed by atoms with Crippen molar-refractivity contribution >= 4 is 22.5 Å². The predicted molar refractivity (Wildman–Crippen MR) is 113 cm³/mol. The number of para-hydroxylation sites is 1. The first kappa shape index (κ1) is 17.4. The Morgan fingerprint density at radius 1 is 0.929 bits per heavy atom. The second kappa shape index (κ2) is 7.40. The molecule has 2 aromatic heterocycles. The molecule has 4 heterocycles. The molecule has 1 N–H and O–H groups in total. The van der Waals surface area contributed by atoms with Crippen LogP contribution in [0.5, 0.6) is 0 Å². The lowest BCUT2D eigenvalue weighted by molar-refractivity contribution is 0.202. The molecule has 5 nitrogen and oxygen atoms in total. The summed E-state index contributed by atoms with van der Waals surface area (Å²) in [6, 6.07) is 16.8. The third-order valence-corrected chi connectivity index (χ3v) is 6.22. The van der Waals surface area contributed by atoms with Gasteiger partial charge in [0.1, 0.15) is 11.6 Å². The van der Waals surface area contributed by atoms with Crippen LogP contribution in [0.1, 0.15) is 24.3 Å². The molecule has 144 valence electrons. The van der Waals surface area contributed by atoms with Crippen LogP contribution in [-0.2, 0) is 0 Å². The monoisotopic (exact) mass is 374 g/mol. The van der Waals surface area contributed by atoms with Crippen LogP contribution in [0.3, 0.4) is 0 Å². The number of aliphatic hydroxyl groups excluding tert-OH is 1. The topological polar surface area (TPSA) is 52.5 Å². The zero-order chi connectivity index (χ0) is 18.9. The minimum absolute atomic E-state index is 0.305. The molecule has 0 radical (unpaired) electrons. The Balaban J connectivity index is 1.31. The molecular formula is C23H26N4O. The lowest BCUT2D eigenvalue weighted by atomic mass is 9.90. The van der Waals surface area contributed by atoms with Crippen molar-refractivity contribution in [3.05, 3.63) is 60.3 Å². The third kappa shape index (κ3) is 3.20. The summed E-state index contributed by atoms with van der Waals surface area (Å²) in [6.07, 6.45) is 3.99. The van der Waals surface area contributed by atoms with E-state index in [9.17, 15) is 5.11 Å². The quantitative estimate of drug-likeness (QED) is 0.758. The SMILES string of the molecule is OCC1CCN(c2ncccc2C2CN(c3ccc4ccccc4n3)C2)CC1. The Bertz CT molecular complexity index is 961. The van der Waals surface area contributed by atoms with Crippen molar-refractivity contribution in [2.45, 2.75) is 18.8 Å². The van der Waals surface area contributed by atoms with E-state index in [1.165, 1.54) is 10.9 Å². The second-order valence-electron chi connectivity index (χ2n) is 7.99. The molecule has 0 saturated carbocycles. The Labute approximate surface area is 165 Å². The van der Waals surface area contributed by atoms with Gasteiger partial charge < -0.3 is 14.9 Å². The summed E-state index contributed by atoms with van der Waals surface area (Å²) >= 11 is 0. The van der Waals surface area contributed by atoms with E-state index in [4.69, 9.17) is 9.97 Å².